The van der Waals surface area contributed by atoms with Crippen molar-refractivity contribution in [3.8, 4) is 0 Å². The Morgan fingerprint density at radius 2 is 1.53 bits per heavy atom. The lowest BCUT2D eigenvalue weighted by Gasteiger charge is -2.43. The summed E-state index contributed by atoms with van der Waals surface area (Å²) >= 11 is 0. The van der Waals surface area contributed by atoms with Gasteiger partial charge in [0.25, 0.3) is 0 Å². The molecule has 88 valence electrons. The molecule has 2 aliphatic carbocycles. The van der Waals surface area contributed by atoms with Crippen LogP contribution in [0.15, 0.2) is 0 Å². The van der Waals surface area contributed by atoms with Crippen molar-refractivity contribution in [3.63, 3.8) is 0 Å². The highest BCUT2D eigenvalue weighted by Gasteiger charge is 2.48. The first-order valence-electron chi connectivity index (χ1n) is 6.62. The monoisotopic (exact) mass is 210 g/mol. The third-order valence-electron chi connectivity index (χ3n) is 4.89. The molecule has 0 amide bonds. The molecular formula is C14H26O. The van der Waals surface area contributed by atoms with Gasteiger partial charge in [-0.3, -0.25) is 0 Å². The van der Waals surface area contributed by atoms with Gasteiger partial charge in [-0.2, -0.15) is 0 Å². The Hall–Kier alpha value is -0.0400. The summed E-state index contributed by atoms with van der Waals surface area (Å²) in [5.41, 5.74) is -0.451. The van der Waals surface area contributed by atoms with E-state index in [1.54, 1.807) is 0 Å². The smallest absolute Gasteiger partial charge is 0.0625 e. The minimum atomic E-state index is -0.451. The Kier molecular flexibility index (Phi) is 2.87. The molecule has 1 N–H and O–H groups in total. The van der Waals surface area contributed by atoms with Crippen LogP contribution in [0.4, 0.5) is 0 Å². The minimum absolute atomic E-state index is 0.451. The standard InChI is InChI=1S/C14H26O/c1-9(2)12-7-10-5-6-11(8-12)13(10)14(3,4)15/h9-13,15H,5-8H2,1-4H3. The fraction of sp³-hybridized carbons (Fsp3) is 1.00. The first-order chi connectivity index (χ1) is 6.89. The van der Waals surface area contributed by atoms with Crippen LogP contribution in [0.3, 0.4) is 0 Å². The Morgan fingerprint density at radius 1 is 1.07 bits per heavy atom. The maximum Gasteiger partial charge on any atom is 0.0625 e. The molecule has 0 saturated heterocycles. The summed E-state index contributed by atoms with van der Waals surface area (Å²) in [6.07, 6.45) is 5.46. The topological polar surface area (TPSA) is 20.2 Å². The molecule has 0 heterocycles. The second-order valence-electron chi connectivity index (χ2n) is 6.75. The van der Waals surface area contributed by atoms with Gasteiger partial charge in [0.2, 0.25) is 0 Å². The molecule has 2 rings (SSSR count). The fourth-order valence-corrected chi connectivity index (χ4v) is 4.27. The second-order valence-corrected chi connectivity index (χ2v) is 6.75. The van der Waals surface area contributed by atoms with E-state index >= 15 is 0 Å². The normalized spacial score (nSPS) is 41.2. The van der Waals surface area contributed by atoms with Gasteiger partial charge in [-0.1, -0.05) is 13.8 Å². The number of aliphatic hydroxyl groups is 1. The zero-order valence-electron chi connectivity index (χ0n) is 10.7. The van der Waals surface area contributed by atoms with Crippen molar-refractivity contribution in [2.75, 3.05) is 0 Å². The zero-order valence-corrected chi connectivity index (χ0v) is 10.7. The molecule has 2 bridgehead atoms. The first kappa shape index (κ1) is 11.4. The highest BCUT2D eigenvalue weighted by atomic mass is 16.3. The van der Waals surface area contributed by atoms with Crippen molar-refractivity contribution in [2.45, 2.75) is 59.0 Å². The molecule has 0 aromatic carbocycles. The van der Waals surface area contributed by atoms with E-state index in [1.165, 1.54) is 25.7 Å². The summed E-state index contributed by atoms with van der Waals surface area (Å²) in [6, 6.07) is 0. The molecule has 2 saturated carbocycles. The number of fused-ring (bicyclic) bond motifs is 2. The zero-order chi connectivity index (χ0) is 11.2. The average Bonchev–Trinajstić information content (AvgIpc) is 2.37. The molecule has 15 heavy (non-hydrogen) atoms. The number of hydrogen-bond acceptors (Lipinski definition) is 1. The largest absolute Gasteiger partial charge is 0.390 e. The Bertz CT molecular complexity index is 212. The van der Waals surface area contributed by atoms with Crippen LogP contribution in [0.1, 0.15) is 53.4 Å². The molecule has 2 aliphatic rings. The summed E-state index contributed by atoms with van der Waals surface area (Å²) in [6.45, 7) is 8.74. The van der Waals surface area contributed by atoms with E-state index in [2.05, 4.69) is 13.8 Å². The van der Waals surface area contributed by atoms with Crippen LogP contribution in [0.25, 0.3) is 0 Å². The van der Waals surface area contributed by atoms with Crippen LogP contribution in [-0.4, -0.2) is 10.7 Å². The van der Waals surface area contributed by atoms with Gasteiger partial charge >= 0.3 is 0 Å². The summed E-state index contributed by atoms with van der Waals surface area (Å²) in [5.74, 6) is 3.93. The predicted molar refractivity (Wildman–Crippen MR) is 63.6 cm³/mol. The fourth-order valence-electron chi connectivity index (χ4n) is 4.27. The maximum atomic E-state index is 10.2. The summed E-state index contributed by atoms with van der Waals surface area (Å²) in [5, 5.41) is 10.2. The Morgan fingerprint density at radius 3 is 1.87 bits per heavy atom. The molecule has 0 aromatic heterocycles. The van der Waals surface area contributed by atoms with Crippen molar-refractivity contribution in [1.29, 1.82) is 0 Å². The lowest BCUT2D eigenvalue weighted by molar-refractivity contribution is -0.0474. The Balaban J connectivity index is 2.10. The van der Waals surface area contributed by atoms with Crippen LogP contribution in [0.2, 0.25) is 0 Å². The van der Waals surface area contributed by atoms with E-state index in [4.69, 9.17) is 0 Å². The summed E-state index contributed by atoms with van der Waals surface area (Å²) < 4.78 is 0. The van der Waals surface area contributed by atoms with Gasteiger partial charge in [0.1, 0.15) is 0 Å². The van der Waals surface area contributed by atoms with E-state index in [0.29, 0.717) is 5.92 Å². The minimum Gasteiger partial charge on any atom is -0.390 e. The quantitative estimate of drug-likeness (QED) is 0.740. The van der Waals surface area contributed by atoms with E-state index in [9.17, 15) is 5.11 Å². The molecule has 2 atom stereocenters. The van der Waals surface area contributed by atoms with Crippen molar-refractivity contribution in [1.82, 2.24) is 0 Å². The van der Waals surface area contributed by atoms with Gasteiger partial charge < -0.3 is 5.11 Å². The Labute approximate surface area is 94.3 Å². The van der Waals surface area contributed by atoms with E-state index in [1.807, 2.05) is 13.8 Å². The highest BCUT2D eigenvalue weighted by Crippen LogP contribution is 2.54. The average molecular weight is 210 g/mol. The molecule has 1 heteroatoms. The predicted octanol–water partition coefficient (Wildman–Crippen LogP) is 3.47. The number of hydrogen-bond donors (Lipinski definition) is 1. The van der Waals surface area contributed by atoms with E-state index in [-0.39, 0.29) is 0 Å². The molecule has 1 nitrogen and oxygen atoms in total. The molecule has 2 fully saturated rings. The SMILES string of the molecule is CC(C)C1CC2CCC(C1)C2C(C)(C)O. The van der Waals surface area contributed by atoms with E-state index < -0.39 is 5.60 Å². The third kappa shape index (κ3) is 2.08. The van der Waals surface area contributed by atoms with Crippen molar-refractivity contribution in [2.24, 2.45) is 29.6 Å². The van der Waals surface area contributed by atoms with Crippen molar-refractivity contribution >= 4 is 0 Å². The van der Waals surface area contributed by atoms with Crippen LogP contribution in [-0.2, 0) is 0 Å². The van der Waals surface area contributed by atoms with Crippen molar-refractivity contribution in [3.05, 3.63) is 0 Å². The van der Waals surface area contributed by atoms with Gasteiger partial charge in [-0.05, 0) is 69.1 Å². The molecule has 2 unspecified atom stereocenters. The molecule has 0 aliphatic heterocycles. The lowest BCUT2D eigenvalue weighted by Crippen LogP contribution is -2.42. The second kappa shape index (κ2) is 3.76. The van der Waals surface area contributed by atoms with Crippen LogP contribution in [0.5, 0.6) is 0 Å². The number of rotatable bonds is 2. The van der Waals surface area contributed by atoms with Crippen LogP contribution < -0.4 is 0 Å². The molecule has 0 aromatic rings. The lowest BCUT2D eigenvalue weighted by atomic mass is 9.65. The highest BCUT2D eigenvalue weighted by molar-refractivity contribution is 4.98. The van der Waals surface area contributed by atoms with Gasteiger partial charge in [0.05, 0.1) is 5.60 Å². The van der Waals surface area contributed by atoms with Crippen LogP contribution in [0, 0.1) is 29.6 Å². The molecule has 0 radical (unpaired) electrons. The van der Waals surface area contributed by atoms with Crippen LogP contribution >= 0.6 is 0 Å². The summed E-state index contributed by atoms with van der Waals surface area (Å²) in [4.78, 5) is 0. The van der Waals surface area contributed by atoms with Gasteiger partial charge in [0.15, 0.2) is 0 Å². The van der Waals surface area contributed by atoms with Gasteiger partial charge in [-0.25, -0.2) is 0 Å². The van der Waals surface area contributed by atoms with Crippen molar-refractivity contribution < 1.29 is 5.11 Å². The maximum absolute atomic E-state index is 10.2. The van der Waals surface area contributed by atoms with E-state index in [0.717, 1.165) is 23.7 Å². The summed E-state index contributed by atoms with van der Waals surface area (Å²) in [7, 11) is 0. The first-order valence-corrected chi connectivity index (χ1v) is 6.62. The van der Waals surface area contributed by atoms with Gasteiger partial charge in [-0.15, -0.1) is 0 Å². The molecular weight excluding hydrogens is 184 g/mol. The third-order valence-corrected chi connectivity index (χ3v) is 4.89. The molecule has 0 spiro atoms. The van der Waals surface area contributed by atoms with Gasteiger partial charge in [0, 0.05) is 0 Å².